The van der Waals surface area contributed by atoms with Crippen molar-refractivity contribution in [2.75, 3.05) is 19.8 Å². The largest absolute Gasteiger partial charge is 0.493 e. The number of hydrogen-bond acceptors (Lipinski definition) is 8. The summed E-state index contributed by atoms with van der Waals surface area (Å²) in [5.41, 5.74) is 8.31. The van der Waals surface area contributed by atoms with Gasteiger partial charge >= 0.3 is 5.97 Å². The zero-order valence-electron chi connectivity index (χ0n) is 23.9. The van der Waals surface area contributed by atoms with E-state index in [9.17, 15) is 10.1 Å². The first-order chi connectivity index (χ1) is 19.9. The summed E-state index contributed by atoms with van der Waals surface area (Å²) in [5.74, 6) is 1.79. The fourth-order valence-corrected chi connectivity index (χ4v) is 4.47. The van der Waals surface area contributed by atoms with Gasteiger partial charge in [-0.2, -0.15) is 5.26 Å². The van der Waals surface area contributed by atoms with Gasteiger partial charge in [0.25, 0.3) is 0 Å². The third-order valence-corrected chi connectivity index (χ3v) is 6.52. The predicted molar refractivity (Wildman–Crippen MR) is 155 cm³/mol. The summed E-state index contributed by atoms with van der Waals surface area (Å²) in [6, 6.07) is 19.8. The molecule has 1 atom stereocenters. The SMILES string of the molecule is CCCOc1ccccc1C(=O)Oc1ccc2c(c1)OC(N)=C(C#N)C2c1ccc(OCCC(C)C)c(OCC)c1. The number of nitriles is 1. The third kappa shape index (κ3) is 6.93. The van der Waals surface area contributed by atoms with E-state index < -0.39 is 11.9 Å². The van der Waals surface area contributed by atoms with E-state index in [4.69, 9.17) is 29.4 Å². The normalized spacial score (nSPS) is 14.1. The molecule has 0 radical (unpaired) electrons. The Kier molecular flexibility index (Phi) is 9.75. The highest BCUT2D eigenvalue weighted by Crippen LogP contribution is 2.45. The maximum atomic E-state index is 13.0. The molecule has 3 aromatic carbocycles. The molecule has 3 aromatic rings. The highest BCUT2D eigenvalue weighted by atomic mass is 16.5. The smallest absolute Gasteiger partial charge is 0.347 e. The Morgan fingerprint density at radius 1 is 0.976 bits per heavy atom. The van der Waals surface area contributed by atoms with Gasteiger partial charge in [-0.3, -0.25) is 0 Å². The van der Waals surface area contributed by atoms with Crippen LogP contribution in [0.25, 0.3) is 0 Å². The lowest BCUT2D eigenvalue weighted by molar-refractivity contribution is 0.0730. The molecule has 8 nitrogen and oxygen atoms in total. The number of carbonyl (C=O) groups is 1. The van der Waals surface area contributed by atoms with Gasteiger partial charge in [0.1, 0.15) is 34.5 Å². The molecule has 214 valence electrons. The molecular weight excluding hydrogens is 520 g/mol. The molecule has 41 heavy (non-hydrogen) atoms. The van der Waals surface area contributed by atoms with Crippen LogP contribution in [0.1, 0.15) is 67.9 Å². The summed E-state index contributed by atoms with van der Waals surface area (Å²) < 4.78 is 29.1. The van der Waals surface area contributed by atoms with E-state index in [0.717, 1.165) is 18.4 Å². The van der Waals surface area contributed by atoms with Gasteiger partial charge in [-0.05, 0) is 61.6 Å². The molecule has 1 unspecified atom stereocenters. The van der Waals surface area contributed by atoms with Crippen LogP contribution in [-0.4, -0.2) is 25.8 Å². The fraction of sp³-hybridized carbons (Fsp3) is 0.333. The van der Waals surface area contributed by atoms with Crippen LogP contribution in [0.4, 0.5) is 0 Å². The summed E-state index contributed by atoms with van der Waals surface area (Å²) in [6.07, 6.45) is 1.73. The van der Waals surface area contributed by atoms with E-state index in [1.807, 2.05) is 32.0 Å². The van der Waals surface area contributed by atoms with Crippen LogP contribution in [0.2, 0.25) is 0 Å². The van der Waals surface area contributed by atoms with Gasteiger partial charge in [-0.15, -0.1) is 0 Å². The summed E-state index contributed by atoms with van der Waals surface area (Å²) in [7, 11) is 0. The molecule has 0 bridgehead atoms. The third-order valence-electron chi connectivity index (χ3n) is 6.52. The zero-order valence-corrected chi connectivity index (χ0v) is 23.9. The Bertz CT molecular complexity index is 1460. The molecule has 0 amide bonds. The molecule has 4 rings (SSSR count). The van der Waals surface area contributed by atoms with E-state index in [1.54, 1.807) is 42.5 Å². The molecule has 1 heterocycles. The minimum absolute atomic E-state index is 0.0120. The number of rotatable bonds is 12. The second-order valence-corrected chi connectivity index (χ2v) is 10.0. The maximum Gasteiger partial charge on any atom is 0.347 e. The number of carbonyl (C=O) groups excluding carboxylic acids is 1. The van der Waals surface area contributed by atoms with Gasteiger partial charge in [0, 0.05) is 11.6 Å². The van der Waals surface area contributed by atoms with E-state index in [0.29, 0.717) is 59.9 Å². The van der Waals surface area contributed by atoms with Gasteiger partial charge < -0.3 is 29.4 Å². The molecule has 2 N–H and O–H groups in total. The molecule has 0 saturated carbocycles. The Morgan fingerprint density at radius 3 is 2.49 bits per heavy atom. The van der Waals surface area contributed by atoms with Gasteiger partial charge in [0.05, 0.1) is 25.7 Å². The number of nitrogens with two attached hydrogens (primary N) is 1. The Hall–Kier alpha value is -4.64. The Labute approximate surface area is 241 Å². The van der Waals surface area contributed by atoms with Gasteiger partial charge in [-0.1, -0.05) is 45.0 Å². The van der Waals surface area contributed by atoms with E-state index in [-0.39, 0.29) is 17.2 Å². The zero-order chi connectivity index (χ0) is 29.4. The number of para-hydroxylation sites is 1. The van der Waals surface area contributed by atoms with Crippen molar-refractivity contribution >= 4 is 5.97 Å². The number of hydrogen-bond donors (Lipinski definition) is 1. The molecule has 0 aliphatic carbocycles. The average Bonchev–Trinajstić information content (AvgIpc) is 2.96. The Balaban J connectivity index is 1.64. The summed E-state index contributed by atoms with van der Waals surface area (Å²) in [5, 5.41) is 10.00. The van der Waals surface area contributed by atoms with Crippen molar-refractivity contribution in [1.82, 2.24) is 0 Å². The number of nitrogens with zero attached hydrogens (tertiary/aromatic N) is 1. The molecule has 1 aliphatic rings. The minimum Gasteiger partial charge on any atom is -0.493 e. The van der Waals surface area contributed by atoms with Crippen molar-refractivity contribution in [2.45, 2.75) is 46.5 Å². The minimum atomic E-state index is -0.556. The fourth-order valence-electron chi connectivity index (χ4n) is 4.47. The lowest BCUT2D eigenvalue weighted by atomic mass is 9.83. The van der Waals surface area contributed by atoms with Crippen LogP contribution < -0.4 is 29.4 Å². The number of allylic oxidation sites excluding steroid dienone is 1. The number of ether oxygens (including phenoxy) is 5. The molecular formula is C33H36N2O6. The molecule has 1 aliphatic heterocycles. The van der Waals surface area contributed by atoms with Crippen LogP contribution in [0.15, 0.2) is 72.1 Å². The van der Waals surface area contributed by atoms with Crippen molar-refractivity contribution in [3.63, 3.8) is 0 Å². The molecule has 0 saturated heterocycles. The monoisotopic (exact) mass is 556 g/mol. The van der Waals surface area contributed by atoms with Gasteiger partial charge in [0.15, 0.2) is 11.5 Å². The van der Waals surface area contributed by atoms with Crippen LogP contribution >= 0.6 is 0 Å². The van der Waals surface area contributed by atoms with Crippen LogP contribution in [0.5, 0.6) is 28.7 Å². The van der Waals surface area contributed by atoms with Crippen molar-refractivity contribution in [1.29, 1.82) is 5.26 Å². The summed E-state index contributed by atoms with van der Waals surface area (Å²) >= 11 is 0. The van der Waals surface area contributed by atoms with Crippen LogP contribution in [-0.2, 0) is 0 Å². The molecule has 0 spiro atoms. The van der Waals surface area contributed by atoms with Gasteiger partial charge in [-0.25, -0.2) is 4.79 Å². The number of benzene rings is 3. The van der Waals surface area contributed by atoms with Crippen LogP contribution in [0.3, 0.4) is 0 Å². The lowest BCUT2D eigenvalue weighted by Gasteiger charge is -2.27. The first-order valence-electron chi connectivity index (χ1n) is 13.9. The molecule has 0 aromatic heterocycles. The first kappa shape index (κ1) is 29.3. The van der Waals surface area contributed by atoms with Crippen LogP contribution in [0, 0.1) is 17.2 Å². The van der Waals surface area contributed by atoms with Crippen molar-refractivity contribution in [2.24, 2.45) is 11.7 Å². The first-order valence-corrected chi connectivity index (χ1v) is 13.9. The van der Waals surface area contributed by atoms with Crippen molar-refractivity contribution in [3.05, 3.63) is 88.8 Å². The maximum absolute atomic E-state index is 13.0. The highest BCUT2D eigenvalue weighted by molar-refractivity contribution is 5.94. The van der Waals surface area contributed by atoms with Crippen molar-refractivity contribution in [3.8, 4) is 34.8 Å². The van der Waals surface area contributed by atoms with E-state index in [2.05, 4.69) is 19.9 Å². The second-order valence-electron chi connectivity index (χ2n) is 10.0. The molecule has 0 fully saturated rings. The Morgan fingerprint density at radius 2 is 1.76 bits per heavy atom. The lowest BCUT2D eigenvalue weighted by Crippen LogP contribution is -2.21. The second kappa shape index (κ2) is 13.6. The van der Waals surface area contributed by atoms with E-state index in [1.165, 1.54) is 0 Å². The topological polar surface area (TPSA) is 113 Å². The van der Waals surface area contributed by atoms with Gasteiger partial charge in [0.2, 0.25) is 5.88 Å². The summed E-state index contributed by atoms with van der Waals surface area (Å²) in [4.78, 5) is 13.0. The number of esters is 1. The summed E-state index contributed by atoms with van der Waals surface area (Å²) in [6.45, 7) is 9.71. The quantitative estimate of drug-likeness (QED) is 0.193. The number of fused-ring (bicyclic) bond motifs is 1. The molecule has 8 heteroatoms. The average molecular weight is 557 g/mol. The predicted octanol–water partition coefficient (Wildman–Crippen LogP) is 6.74. The standard InChI is InChI=1S/C33H36N2O6/c1-5-16-38-27-10-8-7-9-25(27)33(36)40-23-12-13-24-29(19-23)41-32(35)26(20-34)31(24)22-11-14-28(30(18-22)37-6-2)39-17-15-21(3)4/h7-14,18-19,21,31H,5-6,15-17,35H2,1-4H3. The van der Waals surface area contributed by atoms with E-state index >= 15 is 0 Å². The van der Waals surface area contributed by atoms with Crippen molar-refractivity contribution < 1.29 is 28.5 Å². The highest BCUT2D eigenvalue weighted by Gasteiger charge is 2.32.